The molecule has 116 valence electrons. The van der Waals surface area contributed by atoms with Crippen LogP contribution in [0.1, 0.15) is 41.8 Å². The summed E-state index contributed by atoms with van der Waals surface area (Å²) in [6.07, 6.45) is 6.99. The number of aromatic nitrogens is 2. The van der Waals surface area contributed by atoms with E-state index in [4.69, 9.17) is 4.52 Å². The van der Waals surface area contributed by atoms with E-state index < -0.39 is 0 Å². The largest absolute Gasteiger partial charge is 0.361 e. The van der Waals surface area contributed by atoms with Gasteiger partial charge in [0.1, 0.15) is 5.76 Å². The first-order chi connectivity index (χ1) is 10.6. The Morgan fingerprint density at radius 1 is 1.41 bits per heavy atom. The van der Waals surface area contributed by atoms with Crippen molar-refractivity contribution in [3.05, 3.63) is 47.1 Å². The molecule has 1 aliphatic carbocycles. The normalized spacial score (nSPS) is 14.1. The zero-order valence-corrected chi connectivity index (χ0v) is 13.1. The van der Waals surface area contributed by atoms with Crippen molar-refractivity contribution < 1.29 is 9.32 Å². The molecular formula is C17H21N3O2. The molecule has 2 aromatic rings. The number of carbonyl (C=O) groups excluding carboxylic acids is 1. The summed E-state index contributed by atoms with van der Waals surface area (Å²) >= 11 is 0. The summed E-state index contributed by atoms with van der Waals surface area (Å²) in [7, 11) is 0. The predicted molar refractivity (Wildman–Crippen MR) is 82.1 cm³/mol. The monoisotopic (exact) mass is 299 g/mol. The summed E-state index contributed by atoms with van der Waals surface area (Å²) in [5.74, 6) is 1.02. The van der Waals surface area contributed by atoms with Crippen LogP contribution in [0.3, 0.4) is 0 Å². The van der Waals surface area contributed by atoms with E-state index in [2.05, 4.69) is 10.1 Å². The molecule has 0 aromatic carbocycles. The lowest BCUT2D eigenvalue weighted by molar-refractivity contribution is -0.132. The smallest absolute Gasteiger partial charge is 0.223 e. The minimum Gasteiger partial charge on any atom is -0.361 e. The summed E-state index contributed by atoms with van der Waals surface area (Å²) in [5, 5.41) is 3.95. The topological polar surface area (TPSA) is 59.2 Å². The van der Waals surface area contributed by atoms with Gasteiger partial charge in [0.15, 0.2) is 0 Å². The molecule has 0 unspecified atom stereocenters. The van der Waals surface area contributed by atoms with Crippen molar-refractivity contribution in [3.63, 3.8) is 0 Å². The predicted octanol–water partition coefficient (Wildman–Crippen LogP) is 2.81. The van der Waals surface area contributed by atoms with Gasteiger partial charge in [0.2, 0.25) is 5.91 Å². The lowest BCUT2D eigenvalue weighted by Gasteiger charge is -2.22. The van der Waals surface area contributed by atoms with Gasteiger partial charge in [-0.25, -0.2) is 0 Å². The van der Waals surface area contributed by atoms with E-state index in [0.717, 1.165) is 35.4 Å². The van der Waals surface area contributed by atoms with Gasteiger partial charge >= 0.3 is 0 Å². The Balaban J connectivity index is 1.63. The molecule has 0 aliphatic heterocycles. The molecule has 5 heteroatoms. The highest BCUT2D eigenvalue weighted by Gasteiger charge is 2.32. The van der Waals surface area contributed by atoms with E-state index in [9.17, 15) is 4.79 Å². The Kier molecular flexibility index (Phi) is 4.22. The number of hydrogen-bond donors (Lipinski definition) is 0. The number of nitrogens with zero attached hydrogens (tertiary/aromatic N) is 3. The highest BCUT2D eigenvalue weighted by Crippen LogP contribution is 2.29. The minimum atomic E-state index is 0.200. The van der Waals surface area contributed by atoms with Crippen LogP contribution in [0.15, 0.2) is 29.0 Å². The van der Waals surface area contributed by atoms with Crippen molar-refractivity contribution in [2.45, 2.75) is 52.1 Å². The molecule has 0 N–H and O–H groups in total. The molecule has 2 heterocycles. The molecule has 1 saturated carbocycles. The fraction of sp³-hybridized carbons (Fsp3) is 0.471. The van der Waals surface area contributed by atoms with Crippen LogP contribution in [0.4, 0.5) is 0 Å². The summed E-state index contributed by atoms with van der Waals surface area (Å²) in [5.41, 5.74) is 3.03. The maximum absolute atomic E-state index is 12.6. The number of rotatable bonds is 6. The lowest BCUT2D eigenvalue weighted by Crippen LogP contribution is -2.32. The van der Waals surface area contributed by atoms with Crippen LogP contribution in [0.25, 0.3) is 0 Å². The van der Waals surface area contributed by atoms with Gasteiger partial charge in [-0.05, 0) is 44.7 Å². The van der Waals surface area contributed by atoms with Gasteiger partial charge in [0, 0.05) is 37.0 Å². The first-order valence-corrected chi connectivity index (χ1v) is 7.75. The molecule has 1 amide bonds. The second kappa shape index (κ2) is 6.30. The first kappa shape index (κ1) is 14.8. The standard InChI is InChI=1S/C17H21N3O2/c1-12-16(13(2)22-19-12)7-8-17(21)20(15-5-6-15)11-14-4-3-9-18-10-14/h3-4,9-10,15H,5-8,11H2,1-2H3. The van der Waals surface area contributed by atoms with Gasteiger partial charge in [-0.2, -0.15) is 0 Å². The Labute approximate surface area is 130 Å². The molecule has 0 radical (unpaired) electrons. The molecule has 0 bridgehead atoms. The fourth-order valence-electron chi connectivity index (χ4n) is 2.73. The van der Waals surface area contributed by atoms with Gasteiger partial charge in [0.05, 0.1) is 5.69 Å². The van der Waals surface area contributed by atoms with E-state index >= 15 is 0 Å². The highest BCUT2D eigenvalue weighted by atomic mass is 16.5. The van der Waals surface area contributed by atoms with Crippen LogP contribution < -0.4 is 0 Å². The van der Waals surface area contributed by atoms with Crippen LogP contribution in [0, 0.1) is 13.8 Å². The third kappa shape index (κ3) is 3.35. The van der Waals surface area contributed by atoms with Crippen LogP contribution in [0.5, 0.6) is 0 Å². The van der Waals surface area contributed by atoms with Crippen molar-refractivity contribution in [3.8, 4) is 0 Å². The average molecular weight is 299 g/mol. The van der Waals surface area contributed by atoms with Crippen molar-refractivity contribution >= 4 is 5.91 Å². The Bertz CT molecular complexity index is 628. The second-order valence-corrected chi connectivity index (χ2v) is 5.92. The van der Waals surface area contributed by atoms with Crippen molar-refractivity contribution in [1.29, 1.82) is 0 Å². The number of carbonyl (C=O) groups is 1. The quantitative estimate of drug-likeness (QED) is 0.823. The molecule has 0 saturated heterocycles. The van der Waals surface area contributed by atoms with Crippen molar-refractivity contribution in [2.24, 2.45) is 0 Å². The van der Waals surface area contributed by atoms with Crippen LogP contribution >= 0.6 is 0 Å². The molecule has 0 spiro atoms. The van der Waals surface area contributed by atoms with E-state index in [0.29, 0.717) is 25.4 Å². The molecule has 1 fully saturated rings. The molecular weight excluding hydrogens is 278 g/mol. The minimum absolute atomic E-state index is 0.200. The van der Waals surface area contributed by atoms with Gasteiger partial charge < -0.3 is 9.42 Å². The van der Waals surface area contributed by atoms with Crippen LogP contribution in [0.2, 0.25) is 0 Å². The zero-order valence-electron chi connectivity index (χ0n) is 13.1. The molecule has 0 atom stereocenters. The second-order valence-electron chi connectivity index (χ2n) is 5.92. The summed E-state index contributed by atoms with van der Waals surface area (Å²) in [4.78, 5) is 18.7. The number of pyridine rings is 1. The molecule has 5 nitrogen and oxygen atoms in total. The Morgan fingerprint density at radius 2 is 2.23 bits per heavy atom. The maximum atomic E-state index is 12.6. The summed E-state index contributed by atoms with van der Waals surface area (Å²) in [6, 6.07) is 4.33. The van der Waals surface area contributed by atoms with E-state index in [1.807, 2.05) is 37.1 Å². The fourth-order valence-corrected chi connectivity index (χ4v) is 2.73. The van der Waals surface area contributed by atoms with Gasteiger partial charge in [0.25, 0.3) is 0 Å². The van der Waals surface area contributed by atoms with Crippen LogP contribution in [-0.4, -0.2) is 27.0 Å². The van der Waals surface area contributed by atoms with E-state index in [-0.39, 0.29) is 5.91 Å². The number of hydrogen-bond acceptors (Lipinski definition) is 4. The van der Waals surface area contributed by atoms with Gasteiger partial charge in [-0.15, -0.1) is 0 Å². The third-order valence-electron chi connectivity index (χ3n) is 4.15. The third-order valence-corrected chi connectivity index (χ3v) is 4.15. The zero-order chi connectivity index (χ0) is 15.5. The van der Waals surface area contributed by atoms with Crippen LogP contribution in [-0.2, 0) is 17.8 Å². The lowest BCUT2D eigenvalue weighted by atomic mass is 10.1. The molecule has 3 rings (SSSR count). The highest BCUT2D eigenvalue weighted by molar-refractivity contribution is 5.77. The van der Waals surface area contributed by atoms with Gasteiger partial charge in [-0.1, -0.05) is 11.2 Å². The van der Waals surface area contributed by atoms with Crippen molar-refractivity contribution in [2.75, 3.05) is 0 Å². The van der Waals surface area contributed by atoms with Gasteiger partial charge in [-0.3, -0.25) is 9.78 Å². The number of aryl methyl sites for hydroxylation is 2. The molecule has 22 heavy (non-hydrogen) atoms. The van der Waals surface area contributed by atoms with E-state index in [1.165, 1.54) is 0 Å². The number of amides is 1. The maximum Gasteiger partial charge on any atom is 0.223 e. The van der Waals surface area contributed by atoms with E-state index in [1.54, 1.807) is 6.20 Å². The first-order valence-electron chi connectivity index (χ1n) is 7.75. The Hall–Kier alpha value is -2.17. The SMILES string of the molecule is Cc1noc(C)c1CCC(=O)N(Cc1cccnc1)C1CC1. The molecule has 2 aromatic heterocycles. The summed E-state index contributed by atoms with van der Waals surface area (Å²) in [6.45, 7) is 4.47. The van der Waals surface area contributed by atoms with Crippen molar-refractivity contribution in [1.82, 2.24) is 15.0 Å². The Morgan fingerprint density at radius 3 is 2.82 bits per heavy atom. The average Bonchev–Trinajstić information content (AvgIpc) is 3.31. The summed E-state index contributed by atoms with van der Waals surface area (Å²) < 4.78 is 5.16. The molecule has 1 aliphatic rings.